The van der Waals surface area contributed by atoms with Gasteiger partial charge in [0.1, 0.15) is 5.60 Å². The third-order valence-corrected chi connectivity index (χ3v) is 2.93. The molecule has 0 aromatic heterocycles. The molecular formula is C16H24N2O4. The Kier molecular flexibility index (Phi) is 5.93. The predicted molar refractivity (Wildman–Crippen MR) is 83.1 cm³/mol. The largest absolute Gasteiger partial charge is 0.462 e. The smallest absolute Gasteiger partial charge is 0.425 e. The minimum absolute atomic E-state index is 0.326. The maximum absolute atomic E-state index is 11.9. The van der Waals surface area contributed by atoms with Crippen LogP contribution in [-0.2, 0) is 9.47 Å². The summed E-state index contributed by atoms with van der Waals surface area (Å²) in [5, 5.41) is 1.03. The van der Waals surface area contributed by atoms with Gasteiger partial charge in [-0.05, 0) is 52.3 Å². The minimum atomic E-state index is -0.609. The van der Waals surface area contributed by atoms with Gasteiger partial charge in [-0.2, -0.15) is 0 Å². The number of hydrazine groups is 1. The van der Waals surface area contributed by atoms with Gasteiger partial charge >= 0.3 is 12.1 Å². The van der Waals surface area contributed by atoms with Gasteiger partial charge in [-0.1, -0.05) is 12.1 Å². The molecule has 0 saturated heterocycles. The molecule has 0 aliphatic rings. The van der Waals surface area contributed by atoms with Crippen LogP contribution in [0.4, 0.5) is 4.79 Å². The van der Waals surface area contributed by atoms with E-state index in [2.05, 4.69) is 0 Å². The van der Waals surface area contributed by atoms with Crippen molar-refractivity contribution in [3.05, 3.63) is 35.4 Å². The first-order valence-electron chi connectivity index (χ1n) is 7.19. The van der Waals surface area contributed by atoms with Crippen LogP contribution in [-0.4, -0.2) is 29.3 Å². The molecule has 0 spiro atoms. The molecule has 0 aliphatic carbocycles. The molecular weight excluding hydrogens is 284 g/mol. The van der Waals surface area contributed by atoms with Gasteiger partial charge < -0.3 is 9.47 Å². The van der Waals surface area contributed by atoms with Crippen molar-refractivity contribution >= 4 is 12.1 Å². The van der Waals surface area contributed by atoms with E-state index in [0.29, 0.717) is 12.2 Å². The zero-order valence-electron chi connectivity index (χ0n) is 13.8. The summed E-state index contributed by atoms with van der Waals surface area (Å²) in [6.45, 7) is 9.18. The summed E-state index contributed by atoms with van der Waals surface area (Å²) >= 11 is 0. The van der Waals surface area contributed by atoms with Crippen LogP contribution in [0.15, 0.2) is 24.3 Å². The lowest BCUT2D eigenvalue weighted by Gasteiger charge is -2.28. The quantitative estimate of drug-likeness (QED) is 0.400. The lowest BCUT2D eigenvalue weighted by molar-refractivity contribution is 0.0170. The van der Waals surface area contributed by atoms with Crippen LogP contribution in [0.2, 0.25) is 0 Å². The van der Waals surface area contributed by atoms with Crippen molar-refractivity contribution in [2.45, 2.75) is 46.3 Å². The number of ether oxygens (including phenoxy) is 2. The molecule has 1 aromatic carbocycles. The molecule has 0 bridgehead atoms. The molecule has 1 aromatic rings. The number of hydrogen-bond acceptors (Lipinski definition) is 5. The fourth-order valence-corrected chi connectivity index (χ4v) is 1.75. The molecule has 0 fully saturated rings. The van der Waals surface area contributed by atoms with Crippen LogP contribution in [0.5, 0.6) is 0 Å². The van der Waals surface area contributed by atoms with Crippen LogP contribution in [0, 0.1) is 0 Å². The Morgan fingerprint density at radius 1 is 1.23 bits per heavy atom. The van der Waals surface area contributed by atoms with Gasteiger partial charge in [-0.15, -0.1) is 0 Å². The molecule has 0 heterocycles. The Balaban J connectivity index is 2.78. The normalized spacial score (nSPS) is 12.5. The maximum Gasteiger partial charge on any atom is 0.425 e. The molecule has 0 radical (unpaired) electrons. The van der Waals surface area contributed by atoms with E-state index in [1.54, 1.807) is 58.9 Å². The number of carbonyl (C=O) groups is 2. The lowest BCUT2D eigenvalue weighted by atomic mass is 10.1. The standard InChI is InChI=1S/C16H24N2O4/c1-6-21-14(19)13-9-7-12(8-10-13)11(2)18(17)15(20)22-16(3,4)5/h7-11H,6,17H2,1-5H3. The van der Waals surface area contributed by atoms with Gasteiger partial charge in [0.25, 0.3) is 0 Å². The number of carbonyl (C=O) groups excluding carboxylic acids is 2. The van der Waals surface area contributed by atoms with Gasteiger partial charge in [0.05, 0.1) is 18.2 Å². The number of nitrogens with two attached hydrogens (primary N) is 1. The molecule has 1 amide bonds. The summed E-state index contributed by atoms with van der Waals surface area (Å²) in [4.78, 5) is 23.5. The molecule has 2 N–H and O–H groups in total. The Morgan fingerprint density at radius 3 is 2.23 bits per heavy atom. The number of esters is 1. The minimum Gasteiger partial charge on any atom is -0.462 e. The van der Waals surface area contributed by atoms with Crippen LogP contribution < -0.4 is 5.84 Å². The van der Waals surface area contributed by atoms with E-state index >= 15 is 0 Å². The highest BCUT2D eigenvalue weighted by molar-refractivity contribution is 5.89. The molecule has 122 valence electrons. The molecule has 6 nitrogen and oxygen atoms in total. The zero-order chi connectivity index (χ0) is 16.9. The number of benzene rings is 1. The highest BCUT2D eigenvalue weighted by Gasteiger charge is 2.24. The SMILES string of the molecule is CCOC(=O)c1ccc(C(C)N(N)C(=O)OC(C)(C)C)cc1. The molecule has 1 unspecified atom stereocenters. The third kappa shape index (κ3) is 5.04. The number of amides is 1. The van der Waals surface area contributed by atoms with Crippen LogP contribution >= 0.6 is 0 Å². The van der Waals surface area contributed by atoms with Crippen molar-refractivity contribution in [3.8, 4) is 0 Å². The third-order valence-electron chi connectivity index (χ3n) is 2.93. The summed E-state index contributed by atoms with van der Waals surface area (Å²) < 4.78 is 10.1. The summed E-state index contributed by atoms with van der Waals surface area (Å²) in [6, 6.07) is 6.38. The highest BCUT2D eigenvalue weighted by Crippen LogP contribution is 2.20. The fourth-order valence-electron chi connectivity index (χ4n) is 1.75. The van der Waals surface area contributed by atoms with Crippen LogP contribution in [0.25, 0.3) is 0 Å². The monoisotopic (exact) mass is 308 g/mol. The summed E-state index contributed by atoms with van der Waals surface area (Å²) in [5.74, 6) is 5.44. The van der Waals surface area contributed by atoms with Gasteiger partial charge in [0, 0.05) is 0 Å². The van der Waals surface area contributed by atoms with Gasteiger partial charge in [-0.3, -0.25) is 0 Å². The topological polar surface area (TPSA) is 81.9 Å². The van der Waals surface area contributed by atoms with E-state index < -0.39 is 11.7 Å². The van der Waals surface area contributed by atoms with Gasteiger partial charge in [-0.25, -0.2) is 20.4 Å². The Morgan fingerprint density at radius 2 is 1.77 bits per heavy atom. The second kappa shape index (κ2) is 7.26. The van der Waals surface area contributed by atoms with Crippen molar-refractivity contribution in [2.24, 2.45) is 5.84 Å². The van der Waals surface area contributed by atoms with Gasteiger partial charge in [0.2, 0.25) is 0 Å². The van der Waals surface area contributed by atoms with Crippen LogP contribution in [0.3, 0.4) is 0 Å². The summed E-state index contributed by atoms with van der Waals surface area (Å²) in [5.41, 5.74) is 0.641. The summed E-state index contributed by atoms with van der Waals surface area (Å²) in [6.07, 6.45) is -0.602. The first kappa shape index (κ1) is 18.0. The van der Waals surface area contributed by atoms with E-state index in [0.717, 1.165) is 10.6 Å². The lowest BCUT2D eigenvalue weighted by Crippen LogP contribution is -2.43. The number of rotatable bonds is 4. The molecule has 0 saturated carbocycles. The van der Waals surface area contributed by atoms with E-state index in [4.69, 9.17) is 15.3 Å². The Hall–Kier alpha value is -2.08. The molecule has 0 aliphatic heterocycles. The predicted octanol–water partition coefficient (Wildman–Crippen LogP) is 3.04. The highest BCUT2D eigenvalue weighted by atomic mass is 16.6. The number of hydrogen-bond donors (Lipinski definition) is 1. The van der Waals surface area contributed by atoms with Gasteiger partial charge in [0.15, 0.2) is 0 Å². The second-order valence-corrected chi connectivity index (χ2v) is 5.91. The van der Waals surface area contributed by atoms with Crippen molar-refractivity contribution < 1.29 is 19.1 Å². The number of nitrogens with zero attached hydrogens (tertiary/aromatic N) is 1. The second-order valence-electron chi connectivity index (χ2n) is 5.91. The zero-order valence-corrected chi connectivity index (χ0v) is 13.8. The van der Waals surface area contributed by atoms with Crippen molar-refractivity contribution in [1.29, 1.82) is 0 Å². The fraction of sp³-hybridized carbons (Fsp3) is 0.500. The molecule has 1 rings (SSSR count). The van der Waals surface area contributed by atoms with Crippen molar-refractivity contribution in [1.82, 2.24) is 5.01 Å². The Labute approximate surface area is 131 Å². The average molecular weight is 308 g/mol. The van der Waals surface area contributed by atoms with E-state index in [-0.39, 0.29) is 12.0 Å². The average Bonchev–Trinajstić information content (AvgIpc) is 2.44. The van der Waals surface area contributed by atoms with Crippen molar-refractivity contribution in [2.75, 3.05) is 6.61 Å². The van der Waals surface area contributed by atoms with E-state index in [9.17, 15) is 9.59 Å². The van der Waals surface area contributed by atoms with Crippen LogP contribution in [0.1, 0.15) is 56.6 Å². The van der Waals surface area contributed by atoms with E-state index in [1.165, 1.54) is 0 Å². The maximum atomic E-state index is 11.9. The summed E-state index contributed by atoms with van der Waals surface area (Å²) in [7, 11) is 0. The molecule has 1 atom stereocenters. The first-order valence-corrected chi connectivity index (χ1v) is 7.19. The molecule has 6 heteroatoms. The van der Waals surface area contributed by atoms with Crippen molar-refractivity contribution in [3.63, 3.8) is 0 Å². The first-order chi connectivity index (χ1) is 10.2. The molecule has 22 heavy (non-hydrogen) atoms. The van der Waals surface area contributed by atoms with E-state index in [1.807, 2.05) is 0 Å². The Bertz CT molecular complexity index is 520.